The Kier molecular flexibility index (Phi) is 3.41. The van der Waals surface area contributed by atoms with Crippen LogP contribution in [0.1, 0.15) is 31.7 Å². The number of rotatable bonds is 3. The average molecular weight is 256 g/mol. The van der Waals surface area contributed by atoms with Gasteiger partial charge in [0.25, 0.3) is 5.91 Å². The van der Waals surface area contributed by atoms with Gasteiger partial charge in [-0.2, -0.15) is 0 Å². The van der Waals surface area contributed by atoms with E-state index < -0.39 is 5.54 Å². The minimum absolute atomic E-state index is 0.153. The summed E-state index contributed by atoms with van der Waals surface area (Å²) in [6, 6.07) is 0. The molecule has 2 rings (SSSR count). The van der Waals surface area contributed by atoms with Crippen molar-refractivity contribution < 1.29 is 9.53 Å². The van der Waals surface area contributed by atoms with E-state index in [0.29, 0.717) is 16.7 Å². The number of hydrogen-bond acceptors (Lipinski definition) is 6. The molecule has 1 amide bonds. The molecule has 1 fully saturated rings. The number of anilines is 1. The molecule has 0 radical (unpaired) electrons. The van der Waals surface area contributed by atoms with Crippen molar-refractivity contribution in [2.75, 3.05) is 11.9 Å². The first-order valence-corrected chi connectivity index (χ1v) is 6.34. The number of carbonyl (C=O) groups excluding carboxylic acids is 1. The molecule has 0 aliphatic carbocycles. The van der Waals surface area contributed by atoms with Gasteiger partial charge in [-0.1, -0.05) is 11.3 Å². The monoisotopic (exact) mass is 256 g/mol. The molecule has 17 heavy (non-hydrogen) atoms. The quantitative estimate of drug-likeness (QED) is 0.836. The first-order valence-electron chi connectivity index (χ1n) is 5.52. The Morgan fingerprint density at radius 2 is 2.35 bits per heavy atom. The third-order valence-electron chi connectivity index (χ3n) is 2.43. The van der Waals surface area contributed by atoms with Crippen molar-refractivity contribution in [3.8, 4) is 0 Å². The molecule has 1 unspecified atom stereocenters. The summed E-state index contributed by atoms with van der Waals surface area (Å²) in [4.78, 5) is 11.7. The summed E-state index contributed by atoms with van der Waals surface area (Å²) in [6.45, 7) is 4.34. The third kappa shape index (κ3) is 2.99. The third-order valence-corrected chi connectivity index (χ3v) is 3.61. The van der Waals surface area contributed by atoms with Crippen LogP contribution in [0.4, 0.5) is 5.13 Å². The number of ether oxygens (including phenoxy) is 1. The topological polar surface area (TPSA) is 90.1 Å². The van der Waals surface area contributed by atoms with Crippen LogP contribution in [0.5, 0.6) is 0 Å². The molecule has 1 saturated heterocycles. The summed E-state index contributed by atoms with van der Waals surface area (Å²) in [7, 11) is 0. The number of amides is 1. The second kappa shape index (κ2) is 4.67. The second-order valence-electron chi connectivity index (χ2n) is 4.62. The maximum absolute atomic E-state index is 11.7. The lowest BCUT2D eigenvalue weighted by Crippen LogP contribution is -2.28. The smallest absolute Gasteiger partial charge is 0.255 e. The molecule has 0 spiro atoms. The molecule has 7 heteroatoms. The highest BCUT2D eigenvalue weighted by molar-refractivity contribution is 7.15. The van der Waals surface area contributed by atoms with E-state index in [2.05, 4.69) is 15.5 Å². The molecule has 1 aromatic rings. The van der Waals surface area contributed by atoms with Gasteiger partial charge in [-0.25, -0.2) is 0 Å². The molecule has 1 aromatic heterocycles. The Balaban J connectivity index is 1.99. The summed E-state index contributed by atoms with van der Waals surface area (Å²) in [6.07, 6.45) is 1.34. The van der Waals surface area contributed by atoms with Gasteiger partial charge in [0.1, 0.15) is 11.1 Å². The second-order valence-corrected chi connectivity index (χ2v) is 5.60. The molecule has 0 saturated carbocycles. The fraction of sp³-hybridized carbons (Fsp3) is 0.700. The predicted octanol–water partition coefficient (Wildman–Crippen LogP) is 0.849. The lowest BCUT2D eigenvalue weighted by atomic mass is 10.1. The highest BCUT2D eigenvalue weighted by atomic mass is 32.1. The van der Waals surface area contributed by atoms with Crippen LogP contribution in [0.25, 0.3) is 0 Å². The van der Waals surface area contributed by atoms with Crippen LogP contribution in [0.3, 0.4) is 0 Å². The Labute approximate surface area is 104 Å². The molecule has 1 aliphatic heterocycles. The van der Waals surface area contributed by atoms with E-state index in [0.717, 1.165) is 12.8 Å². The van der Waals surface area contributed by atoms with Gasteiger partial charge in [0.2, 0.25) is 5.13 Å². The fourth-order valence-electron chi connectivity index (χ4n) is 1.50. The summed E-state index contributed by atoms with van der Waals surface area (Å²) in [5.74, 6) is -0.153. The van der Waals surface area contributed by atoms with Crippen LogP contribution in [0.15, 0.2) is 0 Å². The van der Waals surface area contributed by atoms with Crippen molar-refractivity contribution in [2.24, 2.45) is 5.73 Å². The van der Waals surface area contributed by atoms with Gasteiger partial charge in [0.15, 0.2) is 0 Å². The molecule has 1 aliphatic rings. The Morgan fingerprint density at radius 1 is 1.59 bits per heavy atom. The van der Waals surface area contributed by atoms with Gasteiger partial charge in [-0.3, -0.25) is 10.1 Å². The van der Waals surface area contributed by atoms with Crippen LogP contribution in [0.2, 0.25) is 0 Å². The van der Waals surface area contributed by atoms with E-state index in [1.54, 1.807) is 0 Å². The highest BCUT2D eigenvalue weighted by Crippen LogP contribution is 2.24. The van der Waals surface area contributed by atoms with Crippen LogP contribution in [0, 0.1) is 0 Å². The number of aromatic nitrogens is 2. The number of carbonyl (C=O) groups is 1. The number of nitrogens with two attached hydrogens (primary N) is 1. The lowest BCUT2D eigenvalue weighted by molar-refractivity contribution is -0.124. The van der Waals surface area contributed by atoms with Gasteiger partial charge in [0.05, 0.1) is 5.54 Å². The normalized spacial score (nSPS) is 20.5. The van der Waals surface area contributed by atoms with Crippen LogP contribution >= 0.6 is 11.3 Å². The van der Waals surface area contributed by atoms with Gasteiger partial charge in [-0.05, 0) is 26.7 Å². The summed E-state index contributed by atoms with van der Waals surface area (Å²) in [5.41, 5.74) is 5.36. The van der Waals surface area contributed by atoms with Crippen molar-refractivity contribution in [1.29, 1.82) is 0 Å². The SMILES string of the molecule is CC(C)(N)c1nnc(NC(=O)C2CCCO2)s1. The molecule has 3 N–H and O–H groups in total. The van der Waals surface area contributed by atoms with E-state index in [1.165, 1.54) is 11.3 Å². The number of hydrogen-bond donors (Lipinski definition) is 2. The maximum atomic E-state index is 11.7. The lowest BCUT2D eigenvalue weighted by Gasteiger charge is -2.12. The maximum Gasteiger partial charge on any atom is 0.255 e. The largest absolute Gasteiger partial charge is 0.368 e. The Hall–Kier alpha value is -1.05. The number of nitrogens with zero attached hydrogens (tertiary/aromatic N) is 2. The molecule has 2 heterocycles. The fourth-order valence-corrected chi connectivity index (χ4v) is 2.27. The highest BCUT2D eigenvalue weighted by Gasteiger charge is 2.25. The first kappa shape index (κ1) is 12.4. The molecule has 0 aromatic carbocycles. The zero-order chi connectivity index (χ0) is 12.5. The molecule has 0 bridgehead atoms. The Morgan fingerprint density at radius 3 is 2.88 bits per heavy atom. The van der Waals surface area contributed by atoms with Gasteiger partial charge < -0.3 is 10.5 Å². The van der Waals surface area contributed by atoms with Crippen molar-refractivity contribution in [3.63, 3.8) is 0 Å². The van der Waals surface area contributed by atoms with Crippen LogP contribution in [-0.2, 0) is 15.1 Å². The van der Waals surface area contributed by atoms with Gasteiger partial charge in [0, 0.05) is 6.61 Å². The van der Waals surface area contributed by atoms with E-state index in [4.69, 9.17) is 10.5 Å². The van der Waals surface area contributed by atoms with Crippen molar-refractivity contribution in [1.82, 2.24) is 10.2 Å². The van der Waals surface area contributed by atoms with Crippen molar-refractivity contribution >= 4 is 22.4 Å². The minimum atomic E-state index is -0.537. The molecule has 94 valence electrons. The van der Waals surface area contributed by atoms with E-state index in [-0.39, 0.29) is 12.0 Å². The molecule has 1 atom stereocenters. The molecular formula is C10H16N4O2S. The van der Waals surface area contributed by atoms with Crippen molar-refractivity contribution in [3.05, 3.63) is 5.01 Å². The number of nitrogens with one attached hydrogen (secondary N) is 1. The van der Waals surface area contributed by atoms with Crippen LogP contribution < -0.4 is 11.1 Å². The summed E-state index contributed by atoms with van der Waals surface area (Å²) in [5, 5.41) is 11.7. The van der Waals surface area contributed by atoms with E-state index in [9.17, 15) is 4.79 Å². The van der Waals surface area contributed by atoms with Gasteiger partial charge >= 0.3 is 0 Å². The predicted molar refractivity (Wildman–Crippen MR) is 64.7 cm³/mol. The molecule has 6 nitrogen and oxygen atoms in total. The minimum Gasteiger partial charge on any atom is -0.368 e. The molecular weight excluding hydrogens is 240 g/mol. The van der Waals surface area contributed by atoms with Crippen molar-refractivity contribution in [2.45, 2.75) is 38.3 Å². The summed E-state index contributed by atoms with van der Waals surface area (Å²) >= 11 is 1.29. The first-order chi connectivity index (χ1) is 7.97. The summed E-state index contributed by atoms with van der Waals surface area (Å²) < 4.78 is 5.28. The van der Waals surface area contributed by atoms with Crippen LogP contribution in [-0.4, -0.2) is 28.8 Å². The standard InChI is InChI=1S/C10H16N4O2S/c1-10(2,11)8-13-14-9(17-8)12-7(15)6-4-3-5-16-6/h6H,3-5,11H2,1-2H3,(H,12,14,15). The Bertz CT molecular complexity index is 407. The average Bonchev–Trinajstić information content (AvgIpc) is 2.85. The zero-order valence-corrected chi connectivity index (χ0v) is 10.7. The van der Waals surface area contributed by atoms with Gasteiger partial charge in [-0.15, -0.1) is 10.2 Å². The van der Waals surface area contributed by atoms with E-state index in [1.807, 2.05) is 13.8 Å². The zero-order valence-electron chi connectivity index (χ0n) is 9.90. The van der Waals surface area contributed by atoms with E-state index >= 15 is 0 Å².